The van der Waals surface area contributed by atoms with Crippen LogP contribution >= 0.6 is 0 Å². The topological polar surface area (TPSA) is 17.1 Å². The van der Waals surface area contributed by atoms with Crippen molar-refractivity contribution in [1.29, 1.82) is 0 Å². The second kappa shape index (κ2) is 6.68. The van der Waals surface area contributed by atoms with Crippen LogP contribution in [0.15, 0.2) is 17.9 Å². The molecule has 1 heteroatoms. The minimum Gasteiger partial charge on any atom is -0.299 e. The summed E-state index contributed by atoms with van der Waals surface area (Å²) in [5.41, 5.74) is 4.00. The van der Waals surface area contributed by atoms with Crippen LogP contribution < -0.4 is 0 Å². The van der Waals surface area contributed by atoms with Gasteiger partial charge in [-0.1, -0.05) is 20.4 Å². The molecule has 0 aromatic carbocycles. The van der Waals surface area contributed by atoms with Crippen molar-refractivity contribution in [3.63, 3.8) is 0 Å². The van der Waals surface area contributed by atoms with Gasteiger partial charge in [-0.15, -0.1) is 5.73 Å². The average Bonchev–Trinajstić information content (AvgIpc) is 2.13. The molecule has 0 bridgehead atoms. The summed E-state index contributed by atoms with van der Waals surface area (Å²) >= 11 is 0. The highest BCUT2D eigenvalue weighted by molar-refractivity contribution is 5.80. The smallest absolute Gasteiger partial charge is 0.135 e. The zero-order valence-corrected chi connectivity index (χ0v) is 9.02. The summed E-state index contributed by atoms with van der Waals surface area (Å²) in [7, 11) is 0. The molecule has 74 valence electrons. The standard InChI is InChI=1S/C12H20O/c1-5-7-12(13)11(4)9-8-10(3)6-2/h11H,2,5,7-9H2,1,3-4H3. The number of hydrogen-bond acceptors (Lipinski definition) is 1. The second-order valence-corrected chi connectivity index (χ2v) is 3.61. The zero-order chi connectivity index (χ0) is 10.3. The van der Waals surface area contributed by atoms with E-state index in [0.717, 1.165) is 31.3 Å². The molecular formula is C12H20O. The summed E-state index contributed by atoms with van der Waals surface area (Å²) in [5.74, 6) is 0.586. The van der Waals surface area contributed by atoms with Crippen molar-refractivity contribution in [2.75, 3.05) is 0 Å². The maximum atomic E-state index is 11.4. The van der Waals surface area contributed by atoms with Crippen LogP contribution in [-0.2, 0) is 4.79 Å². The lowest BCUT2D eigenvalue weighted by molar-refractivity contribution is -0.122. The van der Waals surface area contributed by atoms with Crippen molar-refractivity contribution in [2.45, 2.75) is 46.5 Å². The lowest BCUT2D eigenvalue weighted by Crippen LogP contribution is -2.10. The van der Waals surface area contributed by atoms with E-state index in [1.807, 2.05) is 20.8 Å². The van der Waals surface area contributed by atoms with Gasteiger partial charge in [0.2, 0.25) is 0 Å². The molecule has 1 unspecified atom stereocenters. The number of allylic oxidation sites excluding steroid dienone is 1. The van der Waals surface area contributed by atoms with Gasteiger partial charge in [0.1, 0.15) is 5.78 Å². The van der Waals surface area contributed by atoms with Gasteiger partial charge >= 0.3 is 0 Å². The van der Waals surface area contributed by atoms with Crippen LogP contribution in [0, 0.1) is 5.92 Å². The summed E-state index contributed by atoms with van der Waals surface area (Å²) in [6.07, 6.45) is 3.56. The van der Waals surface area contributed by atoms with Crippen LogP contribution in [0.25, 0.3) is 0 Å². The molecule has 0 aliphatic rings. The number of hydrogen-bond donors (Lipinski definition) is 0. The number of carbonyl (C=O) groups excluding carboxylic acids is 1. The van der Waals surface area contributed by atoms with Crippen LogP contribution in [-0.4, -0.2) is 5.78 Å². The minimum absolute atomic E-state index is 0.197. The van der Waals surface area contributed by atoms with Gasteiger partial charge in [0.25, 0.3) is 0 Å². The van der Waals surface area contributed by atoms with Gasteiger partial charge in [-0.2, -0.15) is 0 Å². The number of ketones is 1. The molecule has 1 nitrogen and oxygen atoms in total. The quantitative estimate of drug-likeness (QED) is 0.572. The van der Waals surface area contributed by atoms with Gasteiger partial charge in [0.15, 0.2) is 0 Å². The SMILES string of the molecule is C=C=C(C)CCC(C)C(=O)CCC. The van der Waals surface area contributed by atoms with Crippen molar-refractivity contribution in [3.8, 4) is 0 Å². The molecule has 0 aromatic rings. The molecule has 13 heavy (non-hydrogen) atoms. The molecule has 0 spiro atoms. The molecule has 0 heterocycles. The van der Waals surface area contributed by atoms with Gasteiger partial charge < -0.3 is 0 Å². The zero-order valence-electron chi connectivity index (χ0n) is 9.02. The largest absolute Gasteiger partial charge is 0.299 e. The average molecular weight is 180 g/mol. The lowest BCUT2D eigenvalue weighted by atomic mass is 9.96. The van der Waals surface area contributed by atoms with E-state index in [1.165, 1.54) is 0 Å². The molecule has 0 fully saturated rings. The van der Waals surface area contributed by atoms with E-state index in [0.29, 0.717) is 5.78 Å². The normalized spacial score (nSPS) is 11.9. The van der Waals surface area contributed by atoms with Crippen LogP contribution in [0.3, 0.4) is 0 Å². The minimum atomic E-state index is 0.197. The van der Waals surface area contributed by atoms with E-state index in [1.54, 1.807) is 0 Å². The first-order valence-electron chi connectivity index (χ1n) is 5.00. The van der Waals surface area contributed by atoms with Crippen LogP contribution in [0.5, 0.6) is 0 Å². The molecule has 0 aliphatic carbocycles. The van der Waals surface area contributed by atoms with Crippen LogP contribution in [0.1, 0.15) is 46.5 Å². The van der Waals surface area contributed by atoms with E-state index < -0.39 is 0 Å². The molecule has 1 atom stereocenters. The summed E-state index contributed by atoms with van der Waals surface area (Å²) in [5, 5.41) is 0. The number of Topliss-reactive ketones (excluding diaryl/α,β-unsaturated/α-hetero) is 1. The molecular weight excluding hydrogens is 160 g/mol. The van der Waals surface area contributed by atoms with E-state index in [9.17, 15) is 4.79 Å². The van der Waals surface area contributed by atoms with Gasteiger partial charge in [-0.25, -0.2) is 0 Å². The summed E-state index contributed by atoms with van der Waals surface area (Å²) in [4.78, 5) is 11.4. The van der Waals surface area contributed by atoms with Crippen molar-refractivity contribution >= 4 is 5.78 Å². The Bertz CT molecular complexity index is 209. The van der Waals surface area contributed by atoms with Crippen molar-refractivity contribution < 1.29 is 4.79 Å². The predicted molar refractivity (Wildman–Crippen MR) is 56.6 cm³/mol. The summed E-state index contributed by atoms with van der Waals surface area (Å²) in [6, 6.07) is 0. The van der Waals surface area contributed by atoms with Crippen LogP contribution in [0.2, 0.25) is 0 Å². The first-order valence-corrected chi connectivity index (χ1v) is 5.00. The maximum Gasteiger partial charge on any atom is 0.135 e. The molecule has 0 N–H and O–H groups in total. The van der Waals surface area contributed by atoms with Gasteiger partial charge in [-0.3, -0.25) is 4.79 Å². The Morgan fingerprint density at radius 1 is 1.46 bits per heavy atom. The highest BCUT2D eigenvalue weighted by atomic mass is 16.1. The third kappa shape index (κ3) is 5.43. The fraction of sp³-hybridized carbons (Fsp3) is 0.667. The molecule has 0 saturated heterocycles. The van der Waals surface area contributed by atoms with E-state index in [4.69, 9.17) is 0 Å². The molecule has 0 amide bonds. The highest BCUT2D eigenvalue weighted by Gasteiger charge is 2.10. The Kier molecular flexibility index (Phi) is 6.26. The molecule has 0 aromatic heterocycles. The highest BCUT2D eigenvalue weighted by Crippen LogP contribution is 2.13. The monoisotopic (exact) mass is 180 g/mol. The van der Waals surface area contributed by atoms with E-state index >= 15 is 0 Å². The number of carbonyl (C=O) groups is 1. The Morgan fingerprint density at radius 3 is 2.54 bits per heavy atom. The third-order valence-corrected chi connectivity index (χ3v) is 2.30. The molecule has 0 radical (unpaired) electrons. The van der Waals surface area contributed by atoms with Gasteiger partial charge in [0, 0.05) is 12.3 Å². The molecule has 0 rings (SSSR count). The van der Waals surface area contributed by atoms with Crippen molar-refractivity contribution in [1.82, 2.24) is 0 Å². The predicted octanol–water partition coefficient (Wildman–Crippen LogP) is 3.50. The molecule has 0 aliphatic heterocycles. The van der Waals surface area contributed by atoms with Crippen LogP contribution in [0.4, 0.5) is 0 Å². The Morgan fingerprint density at radius 2 is 2.08 bits per heavy atom. The fourth-order valence-electron chi connectivity index (χ4n) is 1.18. The Hall–Kier alpha value is -0.810. The summed E-state index contributed by atoms with van der Waals surface area (Å²) in [6.45, 7) is 9.63. The van der Waals surface area contributed by atoms with Gasteiger partial charge in [-0.05, 0) is 31.8 Å². The first kappa shape index (κ1) is 12.2. The van der Waals surface area contributed by atoms with E-state index in [2.05, 4.69) is 12.3 Å². The lowest BCUT2D eigenvalue weighted by Gasteiger charge is -2.08. The van der Waals surface area contributed by atoms with Crippen molar-refractivity contribution in [2.24, 2.45) is 5.92 Å². The fourth-order valence-corrected chi connectivity index (χ4v) is 1.18. The molecule has 0 saturated carbocycles. The Labute approximate surface area is 81.5 Å². The first-order chi connectivity index (χ1) is 6.11. The Balaban J connectivity index is 3.80. The van der Waals surface area contributed by atoms with E-state index in [-0.39, 0.29) is 5.92 Å². The maximum absolute atomic E-state index is 11.4. The van der Waals surface area contributed by atoms with Crippen molar-refractivity contribution in [3.05, 3.63) is 17.9 Å². The second-order valence-electron chi connectivity index (χ2n) is 3.61. The number of rotatable bonds is 6. The third-order valence-electron chi connectivity index (χ3n) is 2.30. The van der Waals surface area contributed by atoms with Gasteiger partial charge in [0.05, 0.1) is 0 Å². The summed E-state index contributed by atoms with van der Waals surface area (Å²) < 4.78 is 0.